The normalized spacial score (nSPS) is 11.5. The molecule has 6 rings (SSSR count). The van der Waals surface area contributed by atoms with Crippen molar-refractivity contribution in [3.63, 3.8) is 0 Å². The van der Waals surface area contributed by atoms with Crippen molar-refractivity contribution in [1.82, 2.24) is 9.66 Å². The lowest BCUT2D eigenvalue weighted by Gasteiger charge is -2.13. The fourth-order valence-corrected chi connectivity index (χ4v) is 4.95. The zero-order valence-corrected chi connectivity index (χ0v) is 23.8. The lowest BCUT2D eigenvalue weighted by Crippen LogP contribution is -2.20. The molecule has 2 heterocycles. The van der Waals surface area contributed by atoms with Crippen LogP contribution in [-0.4, -0.2) is 23.0 Å². The fourth-order valence-electron chi connectivity index (χ4n) is 4.34. The molecule has 10 heteroatoms. The number of rotatable bonds is 7. The van der Waals surface area contributed by atoms with Crippen molar-refractivity contribution in [2.75, 3.05) is 7.11 Å². The van der Waals surface area contributed by atoms with Crippen LogP contribution in [0.3, 0.4) is 0 Å². The Bertz CT molecular complexity index is 2020. The van der Waals surface area contributed by atoms with Gasteiger partial charge in [0.25, 0.3) is 5.56 Å². The first-order valence-electron chi connectivity index (χ1n) is 12.4. The molecular weight excluding hydrogens is 613 g/mol. The van der Waals surface area contributed by atoms with Crippen LogP contribution in [0.1, 0.15) is 11.1 Å². The van der Waals surface area contributed by atoms with Crippen molar-refractivity contribution >= 4 is 55.6 Å². The summed E-state index contributed by atoms with van der Waals surface area (Å²) in [6, 6.07) is 23.7. The van der Waals surface area contributed by atoms with Crippen molar-refractivity contribution in [3.8, 4) is 23.1 Å². The highest BCUT2D eigenvalue weighted by atomic mass is 79.9. The van der Waals surface area contributed by atoms with Gasteiger partial charge < -0.3 is 13.9 Å². The van der Waals surface area contributed by atoms with Gasteiger partial charge in [-0.25, -0.2) is 9.37 Å². The Labute approximate surface area is 246 Å². The van der Waals surface area contributed by atoms with Gasteiger partial charge in [0.2, 0.25) is 5.82 Å². The first-order valence-corrected chi connectivity index (χ1v) is 13.6. The molecule has 0 aliphatic carbocycles. The molecule has 0 aliphatic heterocycles. The number of fused-ring (bicyclic) bond motifs is 2. The highest BCUT2D eigenvalue weighted by Crippen LogP contribution is 2.34. The molecular formula is C31H20BrClFN3O4. The molecule has 204 valence electrons. The summed E-state index contributed by atoms with van der Waals surface area (Å²) in [4.78, 5) is 18.3. The Morgan fingerprint density at radius 3 is 2.73 bits per heavy atom. The van der Waals surface area contributed by atoms with Crippen LogP contribution in [0.15, 0.2) is 104 Å². The minimum Gasteiger partial charge on any atom is -0.493 e. The number of para-hydroxylation sites is 1. The number of furan rings is 1. The Kier molecular flexibility index (Phi) is 7.30. The van der Waals surface area contributed by atoms with Crippen molar-refractivity contribution < 1.29 is 18.3 Å². The number of hydrogen-bond acceptors (Lipinski definition) is 6. The molecule has 0 radical (unpaired) electrons. The van der Waals surface area contributed by atoms with E-state index >= 15 is 0 Å². The maximum Gasteiger partial charge on any atom is 0.282 e. The van der Waals surface area contributed by atoms with Gasteiger partial charge in [-0.05, 0) is 82.2 Å². The molecule has 0 atom stereocenters. The quantitative estimate of drug-likeness (QED) is 0.168. The molecule has 7 nitrogen and oxygen atoms in total. The van der Waals surface area contributed by atoms with Gasteiger partial charge in [0.1, 0.15) is 18.0 Å². The third kappa shape index (κ3) is 5.46. The summed E-state index contributed by atoms with van der Waals surface area (Å²) in [5.74, 6) is 1.14. The maximum absolute atomic E-state index is 13.6. The number of hydrogen-bond donors (Lipinski definition) is 0. The van der Waals surface area contributed by atoms with Crippen LogP contribution in [-0.2, 0) is 6.61 Å². The van der Waals surface area contributed by atoms with Crippen LogP contribution in [0, 0.1) is 5.82 Å². The smallest absolute Gasteiger partial charge is 0.282 e. The number of ether oxygens (including phenoxy) is 2. The molecule has 0 saturated carbocycles. The van der Waals surface area contributed by atoms with E-state index in [0.717, 1.165) is 5.39 Å². The molecule has 2 aromatic heterocycles. The van der Waals surface area contributed by atoms with E-state index in [9.17, 15) is 9.18 Å². The van der Waals surface area contributed by atoms with Crippen molar-refractivity contribution in [3.05, 3.63) is 122 Å². The second kappa shape index (κ2) is 11.2. The zero-order valence-electron chi connectivity index (χ0n) is 21.5. The first kappa shape index (κ1) is 26.7. The van der Waals surface area contributed by atoms with E-state index in [2.05, 4.69) is 21.0 Å². The monoisotopic (exact) mass is 631 g/mol. The fraction of sp³-hybridized carbons (Fsp3) is 0.0645. The van der Waals surface area contributed by atoms with E-state index in [1.165, 1.54) is 30.1 Å². The van der Waals surface area contributed by atoms with E-state index in [-0.39, 0.29) is 23.8 Å². The first-order chi connectivity index (χ1) is 19.9. The Hall–Kier alpha value is -4.47. The van der Waals surface area contributed by atoms with Gasteiger partial charge in [0, 0.05) is 20.4 Å². The number of benzene rings is 4. The van der Waals surface area contributed by atoms with E-state index in [4.69, 9.17) is 30.5 Å². The van der Waals surface area contributed by atoms with Crippen LogP contribution < -0.4 is 15.0 Å². The molecule has 0 fully saturated rings. The Morgan fingerprint density at radius 1 is 1.05 bits per heavy atom. The number of nitrogens with zero attached hydrogens (tertiary/aromatic N) is 3. The molecule has 6 aromatic rings. The molecule has 0 bridgehead atoms. The van der Waals surface area contributed by atoms with E-state index in [1.807, 2.05) is 6.07 Å². The number of halogens is 3. The molecule has 4 aromatic carbocycles. The number of methoxy groups -OCH3 is 1. The van der Waals surface area contributed by atoms with Crippen molar-refractivity contribution in [2.24, 2.45) is 5.10 Å². The molecule has 0 saturated heterocycles. The largest absolute Gasteiger partial charge is 0.493 e. The molecule has 0 spiro atoms. The average Bonchev–Trinajstić information content (AvgIpc) is 3.39. The van der Waals surface area contributed by atoms with Crippen LogP contribution in [0.4, 0.5) is 4.39 Å². The molecule has 0 aliphatic rings. The van der Waals surface area contributed by atoms with Crippen LogP contribution >= 0.6 is 27.5 Å². The van der Waals surface area contributed by atoms with E-state index in [0.29, 0.717) is 54.4 Å². The van der Waals surface area contributed by atoms with E-state index < -0.39 is 0 Å². The standard InChI is InChI=1S/C31H20BrClFN3O4/c1-39-27-14-20(24(32)15-28(27)40-17-18-5-4-6-22(34)11-18)16-35-37-30(36-25-8-3-2-7-23(25)31(37)38)29-13-19-12-21(33)9-10-26(19)41-29/h2-16H,17H2,1H3. The summed E-state index contributed by atoms with van der Waals surface area (Å²) in [6.07, 6.45) is 1.52. The maximum atomic E-state index is 13.6. The third-order valence-corrected chi connectivity index (χ3v) is 7.25. The zero-order chi connectivity index (χ0) is 28.5. The van der Waals surface area contributed by atoms with Gasteiger partial charge >= 0.3 is 0 Å². The Balaban J connectivity index is 1.40. The molecule has 0 amide bonds. The third-order valence-electron chi connectivity index (χ3n) is 6.33. The summed E-state index contributed by atoms with van der Waals surface area (Å²) in [6.45, 7) is 0.151. The van der Waals surface area contributed by atoms with Gasteiger partial charge in [-0.15, -0.1) is 0 Å². The van der Waals surface area contributed by atoms with Crippen molar-refractivity contribution in [1.29, 1.82) is 0 Å². The van der Waals surface area contributed by atoms with Gasteiger partial charge in [-0.2, -0.15) is 9.78 Å². The minimum atomic E-state index is -0.363. The van der Waals surface area contributed by atoms with Gasteiger partial charge in [0.15, 0.2) is 17.3 Å². The summed E-state index contributed by atoms with van der Waals surface area (Å²) >= 11 is 9.71. The van der Waals surface area contributed by atoms with Gasteiger partial charge in [-0.1, -0.05) is 35.9 Å². The van der Waals surface area contributed by atoms with E-state index in [1.54, 1.807) is 66.7 Å². The summed E-state index contributed by atoms with van der Waals surface area (Å²) < 4.78 is 32.9. The Morgan fingerprint density at radius 2 is 1.90 bits per heavy atom. The van der Waals surface area contributed by atoms with Crippen LogP contribution in [0.2, 0.25) is 5.02 Å². The molecule has 0 N–H and O–H groups in total. The summed E-state index contributed by atoms with van der Waals surface area (Å²) in [5, 5.41) is 6.26. The topological polar surface area (TPSA) is 78.9 Å². The lowest BCUT2D eigenvalue weighted by atomic mass is 10.2. The summed E-state index contributed by atoms with van der Waals surface area (Å²) in [7, 11) is 1.52. The second-order valence-corrected chi connectivity index (χ2v) is 10.3. The highest BCUT2D eigenvalue weighted by Gasteiger charge is 2.17. The average molecular weight is 633 g/mol. The van der Waals surface area contributed by atoms with Gasteiger partial charge in [-0.3, -0.25) is 4.79 Å². The summed E-state index contributed by atoms with van der Waals surface area (Å²) in [5.41, 5.74) is 2.04. The van der Waals surface area contributed by atoms with Crippen LogP contribution in [0.5, 0.6) is 11.5 Å². The number of aromatic nitrogens is 2. The van der Waals surface area contributed by atoms with Crippen LogP contribution in [0.25, 0.3) is 33.5 Å². The van der Waals surface area contributed by atoms with Gasteiger partial charge in [0.05, 0.1) is 24.2 Å². The SMILES string of the molecule is COc1cc(C=Nn2c(-c3cc4cc(Cl)ccc4o3)nc3ccccc3c2=O)c(Br)cc1OCc1cccc(F)c1. The predicted octanol–water partition coefficient (Wildman–Crippen LogP) is 7.83. The predicted molar refractivity (Wildman–Crippen MR) is 161 cm³/mol. The lowest BCUT2D eigenvalue weighted by molar-refractivity contribution is 0.284. The van der Waals surface area contributed by atoms with Crippen molar-refractivity contribution in [2.45, 2.75) is 6.61 Å². The minimum absolute atomic E-state index is 0.151. The molecule has 0 unspecified atom stereocenters. The molecule has 41 heavy (non-hydrogen) atoms. The highest BCUT2D eigenvalue weighted by molar-refractivity contribution is 9.10. The second-order valence-electron chi connectivity index (χ2n) is 9.05.